The van der Waals surface area contributed by atoms with Crippen LogP contribution in [0.5, 0.6) is 11.5 Å². The highest BCUT2D eigenvalue weighted by Crippen LogP contribution is 2.35. The van der Waals surface area contributed by atoms with Crippen molar-refractivity contribution < 1.29 is 19.4 Å². The molecule has 0 spiro atoms. The van der Waals surface area contributed by atoms with Crippen molar-refractivity contribution in [3.05, 3.63) is 91.0 Å². The van der Waals surface area contributed by atoms with E-state index < -0.39 is 12.0 Å². The highest BCUT2D eigenvalue weighted by molar-refractivity contribution is 14.1. The van der Waals surface area contributed by atoms with E-state index in [1.807, 2.05) is 19.1 Å². The molecule has 0 aromatic heterocycles. The Morgan fingerprint density at radius 2 is 1.91 bits per heavy atom. The molecule has 9 heteroatoms. The highest BCUT2D eigenvalue weighted by Gasteiger charge is 2.16. The van der Waals surface area contributed by atoms with Crippen LogP contribution in [0.2, 0.25) is 10.0 Å². The molecular weight excluding hydrogens is 578 g/mol. The van der Waals surface area contributed by atoms with Crippen molar-refractivity contribution in [2.45, 2.75) is 19.6 Å². The number of aliphatic hydroxyl groups is 1. The lowest BCUT2D eigenvalue weighted by Crippen LogP contribution is -2.25. The van der Waals surface area contributed by atoms with Gasteiger partial charge in [0.05, 0.1) is 16.4 Å². The van der Waals surface area contributed by atoms with Crippen LogP contribution < -0.4 is 14.9 Å². The van der Waals surface area contributed by atoms with Gasteiger partial charge in [-0.1, -0.05) is 59.6 Å². The van der Waals surface area contributed by atoms with Gasteiger partial charge in [-0.2, -0.15) is 5.10 Å². The molecule has 0 radical (unpaired) electrons. The fourth-order valence-electron chi connectivity index (χ4n) is 2.87. The first-order chi connectivity index (χ1) is 15.9. The smallest absolute Gasteiger partial charge is 0.273 e. The van der Waals surface area contributed by atoms with Crippen molar-refractivity contribution >= 4 is 57.9 Å². The van der Waals surface area contributed by atoms with E-state index in [1.54, 1.807) is 48.5 Å². The molecule has 3 aromatic rings. The molecule has 1 atom stereocenters. The Morgan fingerprint density at radius 3 is 2.61 bits per heavy atom. The molecule has 1 amide bonds. The molecule has 0 saturated heterocycles. The van der Waals surface area contributed by atoms with E-state index in [-0.39, 0.29) is 6.61 Å². The summed E-state index contributed by atoms with van der Waals surface area (Å²) in [5, 5.41) is 15.2. The van der Waals surface area contributed by atoms with Gasteiger partial charge in [0, 0.05) is 15.6 Å². The number of halogens is 3. The Hall–Kier alpha value is -2.33. The first-order valence-electron chi connectivity index (χ1n) is 9.98. The van der Waals surface area contributed by atoms with Crippen LogP contribution >= 0.6 is 45.8 Å². The molecule has 2 N–H and O–H groups in total. The lowest BCUT2D eigenvalue weighted by Gasteiger charge is -2.15. The van der Waals surface area contributed by atoms with Crippen molar-refractivity contribution in [1.82, 2.24) is 5.43 Å². The SMILES string of the molecule is CCOc1cc(/C=N\NC(=O)[C@@H](O)c2ccccc2)cc(I)c1OCc1ccc(Cl)cc1Cl. The first-order valence-corrected chi connectivity index (χ1v) is 11.8. The number of aliphatic hydroxyl groups excluding tert-OH is 1. The number of carbonyl (C=O) groups is 1. The van der Waals surface area contributed by atoms with E-state index in [0.29, 0.717) is 39.3 Å². The summed E-state index contributed by atoms with van der Waals surface area (Å²) < 4.78 is 12.5. The van der Waals surface area contributed by atoms with Crippen molar-refractivity contribution in [3.63, 3.8) is 0 Å². The number of carbonyl (C=O) groups excluding carboxylic acids is 1. The molecule has 33 heavy (non-hydrogen) atoms. The van der Waals surface area contributed by atoms with Gasteiger partial charge in [0.1, 0.15) is 6.61 Å². The third-order valence-electron chi connectivity index (χ3n) is 4.47. The zero-order chi connectivity index (χ0) is 23.8. The van der Waals surface area contributed by atoms with E-state index in [2.05, 4.69) is 33.1 Å². The number of amides is 1. The average molecular weight is 599 g/mol. The third-order valence-corrected chi connectivity index (χ3v) is 5.86. The number of ether oxygens (including phenoxy) is 2. The van der Waals surface area contributed by atoms with Crippen LogP contribution in [-0.2, 0) is 11.4 Å². The average Bonchev–Trinajstić information content (AvgIpc) is 2.80. The molecule has 0 heterocycles. The predicted octanol–water partition coefficient (Wildman–Crippen LogP) is 5.76. The zero-order valence-electron chi connectivity index (χ0n) is 17.6. The van der Waals surface area contributed by atoms with Crippen LogP contribution in [0.3, 0.4) is 0 Å². The van der Waals surface area contributed by atoms with Gasteiger partial charge in [0.25, 0.3) is 5.91 Å². The number of hydrogen-bond acceptors (Lipinski definition) is 5. The monoisotopic (exact) mass is 598 g/mol. The Labute approximate surface area is 215 Å². The summed E-state index contributed by atoms with van der Waals surface area (Å²) in [6.07, 6.45) is 0.165. The Balaban J connectivity index is 1.71. The van der Waals surface area contributed by atoms with Gasteiger partial charge in [0.15, 0.2) is 17.6 Å². The molecule has 172 valence electrons. The summed E-state index contributed by atoms with van der Waals surface area (Å²) in [5.41, 5.74) is 4.32. The number of rotatable bonds is 9. The zero-order valence-corrected chi connectivity index (χ0v) is 21.3. The number of hydrazone groups is 1. The lowest BCUT2D eigenvalue weighted by atomic mass is 10.1. The van der Waals surface area contributed by atoms with E-state index in [4.69, 9.17) is 32.7 Å². The van der Waals surface area contributed by atoms with E-state index >= 15 is 0 Å². The Morgan fingerprint density at radius 1 is 1.15 bits per heavy atom. The summed E-state index contributed by atoms with van der Waals surface area (Å²) in [5.74, 6) is 0.479. The van der Waals surface area contributed by atoms with Crippen LogP contribution in [0, 0.1) is 3.57 Å². The Bertz CT molecular complexity index is 1140. The molecule has 0 aliphatic heterocycles. The number of nitrogens with zero attached hydrogens (tertiary/aromatic N) is 1. The number of nitrogens with one attached hydrogen (secondary N) is 1. The maximum Gasteiger partial charge on any atom is 0.273 e. The van der Waals surface area contributed by atoms with E-state index in [9.17, 15) is 9.90 Å². The minimum atomic E-state index is -1.31. The van der Waals surface area contributed by atoms with Crippen LogP contribution in [0.15, 0.2) is 65.8 Å². The lowest BCUT2D eigenvalue weighted by molar-refractivity contribution is -0.129. The van der Waals surface area contributed by atoms with E-state index in [1.165, 1.54) is 6.21 Å². The molecular formula is C24H21Cl2IN2O4. The second-order valence-corrected chi connectivity index (χ2v) is 8.84. The fraction of sp³-hybridized carbons (Fsp3) is 0.167. The summed E-state index contributed by atoms with van der Waals surface area (Å²) in [6.45, 7) is 2.56. The summed E-state index contributed by atoms with van der Waals surface area (Å²) in [4.78, 5) is 12.2. The van der Waals surface area contributed by atoms with Crippen molar-refractivity contribution in [1.29, 1.82) is 0 Å². The summed E-state index contributed by atoms with van der Waals surface area (Å²) in [7, 11) is 0. The quantitative estimate of drug-likeness (QED) is 0.186. The minimum absolute atomic E-state index is 0.243. The van der Waals surface area contributed by atoms with Crippen LogP contribution in [0.25, 0.3) is 0 Å². The Kier molecular flexibility index (Phi) is 9.37. The van der Waals surface area contributed by atoms with Gasteiger partial charge in [-0.05, 0) is 64.9 Å². The van der Waals surface area contributed by atoms with Gasteiger partial charge >= 0.3 is 0 Å². The standard InChI is InChI=1S/C24H21Cl2IN2O4/c1-2-32-21-11-15(13-28-29-24(31)22(30)16-6-4-3-5-7-16)10-20(27)23(21)33-14-17-8-9-18(25)12-19(17)26/h3-13,22,30H,2,14H2,1H3,(H,29,31)/b28-13-/t22-/m0/s1. The maximum atomic E-state index is 12.2. The van der Waals surface area contributed by atoms with Gasteiger partial charge in [-0.3, -0.25) is 4.79 Å². The molecule has 0 bridgehead atoms. The van der Waals surface area contributed by atoms with Crippen molar-refractivity contribution in [2.24, 2.45) is 5.10 Å². The molecule has 0 aliphatic carbocycles. The van der Waals surface area contributed by atoms with Crippen LogP contribution in [-0.4, -0.2) is 23.8 Å². The van der Waals surface area contributed by atoms with Crippen LogP contribution in [0.1, 0.15) is 29.7 Å². The highest BCUT2D eigenvalue weighted by atomic mass is 127. The molecule has 0 fully saturated rings. The molecule has 0 aliphatic rings. The molecule has 6 nitrogen and oxygen atoms in total. The largest absolute Gasteiger partial charge is 0.490 e. The van der Waals surface area contributed by atoms with E-state index in [0.717, 1.165) is 9.13 Å². The predicted molar refractivity (Wildman–Crippen MR) is 138 cm³/mol. The van der Waals surface area contributed by atoms with Gasteiger partial charge < -0.3 is 14.6 Å². The third kappa shape index (κ3) is 7.07. The summed E-state index contributed by atoms with van der Waals surface area (Å²) >= 11 is 14.3. The second kappa shape index (κ2) is 12.2. The van der Waals surface area contributed by atoms with Crippen molar-refractivity contribution in [2.75, 3.05) is 6.61 Å². The molecule has 3 aromatic carbocycles. The topological polar surface area (TPSA) is 80.2 Å². The van der Waals surface area contributed by atoms with Crippen molar-refractivity contribution in [3.8, 4) is 11.5 Å². The number of hydrogen-bond donors (Lipinski definition) is 2. The fourth-order valence-corrected chi connectivity index (χ4v) is 4.12. The first kappa shape index (κ1) is 25.3. The number of benzene rings is 3. The van der Waals surface area contributed by atoms with Gasteiger partial charge in [0.2, 0.25) is 0 Å². The molecule has 0 unspecified atom stereocenters. The summed E-state index contributed by atoms with van der Waals surface area (Å²) in [6, 6.07) is 17.5. The van der Waals surface area contributed by atoms with Gasteiger partial charge in [-0.25, -0.2) is 5.43 Å². The molecule has 3 rings (SSSR count). The van der Waals surface area contributed by atoms with Gasteiger partial charge in [-0.15, -0.1) is 0 Å². The maximum absolute atomic E-state index is 12.2. The minimum Gasteiger partial charge on any atom is -0.490 e. The second-order valence-electron chi connectivity index (χ2n) is 6.83. The normalized spacial score (nSPS) is 11.9. The van der Waals surface area contributed by atoms with Crippen LogP contribution in [0.4, 0.5) is 0 Å². The molecule has 0 saturated carbocycles.